The normalized spacial score (nSPS) is 10.3. The first kappa shape index (κ1) is 17.2. The first-order chi connectivity index (χ1) is 10.8. The molecule has 0 radical (unpaired) electrons. The number of nitrogens with zero attached hydrogens (tertiary/aromatic N) is 1. The van der Waals surface area contributed by atoms with E-state index in [1.54, 1.807) is 0 Å². The first-order valence-electron chi connectivity index (χ1n) is 6.49. The minimum Gasteiger partial charge on any atom is -0.307 e. The summed E-state index contributed by atoms with van der Waals surface area (Å²) in [5, 5.41) is 3.88. The number of rotatable bonds is 2. The average molecular weight is 356 g/mol. The van der Waals surface area contributed by atoms with Crippen molar-refractivity contribution in [3.8, 4) is 0 Å². The van der Waals surface area contributed by atoms with E-state index in [0.29, 0.717) is 5.69 Å². The third kappa shape index (κ3) is 3.97. The van der Waals surface area contributed by atoms with Gasteiger partial charge in [-0.15, -0.1) is 0 Å². The van der Waals surface area contributed by atoms with Crippen LogP contribution in [0, 0.1) is 19.7 Å². The van der Waals surface area contributed by atoms with Crippen molar-refractivity contribution in [1.82, 2.24) is 10.3 Å². The van der Waals surface area contributed by atoms with Crippen molar-refractivity contribution >= 4 is 40.8 Å². The van der Waals surface area contributed by atoms with Crippen molar-refractivity contribution in [3.05, 3.63) is 57.1 Å². The van der Waals surface area contributed by atoms with Gasteiger partial charge in [0, 0.05) is 5.69 Å². The van der Waals surface area contributed by atoms with E-state index in [9.17, 15) is 14.0 Å². The summed E-state index contributed by atoms with van der Waals surface area (Å²) in [6.07, 6.45) is 0. The SMILES string of the molecule is Cc1cccc(C)c1NC(=O)NC(=O)c1cc(F)c(Cl)nc1Cl. The summed E-state index contributed by atoms with van der Waals surface area (Å²) in [6.45, 7) is 3.64. The number of aromatic nitrogens is 1. The van der Waals surface area contributed by atoms with Crippen LogP contribution in [-0.4, -0.2) is 16.9 Å². The maximum atomic E-state index is 13.4. The highest BCUT2D eigenvalue weighted by molar-refractivity contribution is 6.35. The zero-order valence-electron chi connectivity index (χ0n) is 12.2. The smallest absolute Gasteiger partial charge is 0.307 e. The third-order valence-corrected chi connectivity index (χ3v) is 3.63. The van der Waals surface area contributed by atoms with Crippen molar-refractivity contribution in [2.45, 2.75) is 13.8 Å². The molecule has 1 aromatic carbocycles. The van der Waals surface area contributed by atoms with Crippen molar-refractivity contribution in [2.24, 2.45) is 0 Å². The van der Waals surface area contributed by atoms with Crippen LogP contribution >= 0.6 is 23.2 Å². The van der Waals surface area contributed by atoms with Gasteiger partial charge in [-0.3, -0.25) is 10.1 Å². The van der Waals surface area contributed by atoms with E-state index < -0.39 is 22.9 Å². The third-order valence-electron chi connectivity index (χ3n) is 3.08. The molecule has 1 aromatic heterocycles. The number of anilines is 1. The van der Waals surface area contributed by atoms with Gasteiger partial charge in [-0.1, -0.05) is 41.4 Å². The Bertz CT molecular complexity index is 776. The second-order valence-electron chi connectivity index (χ2n) is 4.77. The molecule has 2 rings (SSSR count). The molecule has 3 amide bonds. The van der Waals surface area contributed by atoms with E-state index >= 15 is 0 Å². The van der Waals surface area contributed by atoms with E-state index in [2.05, 4.69) is 15.6 Å². The Balaban J connectivity index is 2.15. The first-order valence-corrected chi connectivity index (χ1v) is 7.25. The lowest BCUT2D eigenvalue weighted by atomic mass is 10.1. The summed E-state index contributed by atoms with van der Waals surface area (Å²) in [5.74, 6) is -1.79. The Labute approximate surface area is 141 Å². The highest BCUT2D eigenvalue weighted by Gasteiger charge is 2.18. The van der Waals surface area contributed by atoms with Gasteiger partial charge in [-0.2, -0.15) is 0 Å². The van der Waals surface area contributed by atoms with Gasteiger partial charge in [0.1, 0.15) is 5.15 Å². The fourth-order valence-corrected chi connectivity index (χ4v) is 2.34. The minimum absolute atomic E-state index is 0.287. The molecular weight excluding hydrogens is 344 g/mol. The standard InChI is InChI=1S/C15H12Cl2FN3O2/c1-7-4-3-5-8(2)11(7)19-15(23)21-14(22)9-6-10(18)13(17)20-12(9)16/h3-6H,1-2H3,(H2,19,21,22,23). The predicted molar refractivity (Wildman–Crippen MR) is 86.6 cm³/mol. The highest BCUT2D eigenvalue weighted by Crippen LogP contribution is 2.21. The number of urea groups is 1. The molecule has 0 bridgehead atoms. The van der Waals surface area contributed by atoms with Crippen molar-refractivity contribution < 1.29 is 14.0 Å². The van der Waals surface area contributed by atoms with Crippen LogP contribution in [0.3, 0.4) is 0 Å². The molecule has 1 heterocycles. The molecule has 0 aliphatic heterocycles. The molecule has 0 saturated carbocycles. The summed E-state index contributed by atoms with van der Waals surface area (Å²) in [5.41, 5.74) is 1.98. The van der Waals surface area contributed by atoms with Crippen LogP contribution in [-0.2, 0) is 0 Å². The van der Waals surface area contributed by atoms with E-state index in [1.807, 2.05) is 32.0 Å². The van der Waals surface area contributed by atoms with Crippen LogP contribution in [0.5, 0.6) is 0 Å². The number of imide groups is 1. The van der Waals surface area contributed by atoms with Crippen molar-refractivity contribution in [3.63, 3.8) is 0 Å². The van der Waals surface area contributed by atoms with Gasteiger partial charge in [0.2, 0.25) is 0 Å². The minimum atomic E-state index is -0.906. The van der Waals surface area contributed by atoms with Crippen molar-refractivity contribution in [2.75, 3.05) is 5.32 Å². The highest BCUT2D eigenvalue weighted by atomic mass is 35.5. The zero-order chi connectivity index (χ0) is 17.1. The Morgan fingerprint density at radius 1 is 1.13 bits per heavy atom. The largest absolute Gasteiger partial charge is 0.326 e. The van der Waals surface area contributed by atoms with Gasteiger partial charge in [-0.05, 0) is 31.0 Å². The zero-order valence-corrected chi connectivity index (χ0v) is 13.7. The molecule has 120 valence electrons. The Hall–Kier alpha value is -2.18. The monoisotopic (exact) mass is 355 g/mol. The van der Waals surface area contributed by atoms with E-state index in [0.717, 1.165) is 17.2 Å². The Morgan fingerprint density at radius 3 is 2.35 bits per heavy atom. The number of hydrogen-bond acceptors (Lipinski definition) is 3. The fraction of sp³-hybridized carbons (Fsp3) is 0.133. The summed E-state index contributed by atoms with van der Waals surface area (Å²) in [6, 6.07) is 5.54. The molecule has 0 spiro atoms. The van der Waals surface area contributed by atoms with Crippen LogP contribution in [0.4, 0.5) is 14.9 Å². The summed E-state index contributed by atoms with van der Waals surface area (Å²) >= 11 is 11.2. The molecular formula is C15H12Cl2FN3O2. The van der Waals surface area contributed by atoms with Gasteiger partial charge in [0.05, 0.1) is 5.56 Å². The number of carbonyl (C=O) groups excluding carboxylic acids is 2. The molecule has 2 aromatic rings. The quantitative estimate of drug-likeness (QED) is 0.796. The van der Waals surface area contributed by atoms with Gasteiger partial charge in [-0.25, -0.2) is 14.2 Å². The number of para-hydroxylation sites is 1. The lowest BCUT2D eigenvalue weighted by Gasteiger charge is -2.12. The number of nitrogens with one attached hydrogen (secondary N) is 2. The fourth-order valence-electron chi connectivity index (χ4n) is 1.93. The van der Waals surface area contributed by atoms with Gasteiger partial charge < -0.3 is 5.32 Å². The van der Waals surface area contributed by atoms with Crippen molar-refractivity contribution in [1.29, 1.82) is 0 Å². The van der Waals surface area contributed by atoms with Crippen LogP contribution < -0.4 is 10.6 Å². The maximum Gasteiger partial charge on any atom is 0.326 e. The number of aryl methyl sites for hydroxylation is 2. The molecule has 2 N–H and O–H groups in total. The van der Waals surface area contributed by atoms with E-state index in [4.69, 9.17) is 23.2 Å². The van der Waals surface area contributed by atoms with Gasteiger partial charge in [0.25, 0.3) is 5.91 Å². The summed E-state index contributed by atoms with van der Waals surface area (Å²) < 4.78 is 13.4. The maximum absolute atomic E-state index is 13.4. The van der Waals surface area contributed by atoms with E-state index in [1.165, 1.54) is 0 Å². The van der Waals surface area contributed by atoms with Crippen LogP contribution in [0.2, 0.25) is 10.3 Å². The topological polar surface area (TPSA) is 71.1 Å². The number of amides is 3. The lowest BCUT2D eigenvalue weighted by molar-refractivity contribution is 0.0966. The predicted octanol–water partition coefficient (Wildman–Crippen LogP) is 4.11. The molecule has 0 fully saturated rings. The van der Waals surface area contributed by atoms with Crippen LogP contribution in [0.25, 0.3) is 0 Å². The van der Waals surface area contributed by atoms with Gasteiger partial charge in [0.15, 0.2) is 11.0 Å². The molecule has 0 atom stereocenters. The molecule has 23 heavy (non-hydrogen) atoms. The lowest BCUT2D eigenvalue weighted by Crippen LogP contribution is -2.35. The Kier molecular flexibility index (Phi) is 5.18. The number of benzene rings is 1. The molecule has 0 aliphatic rings. The second-order valence-corrected chi connectivity index (χ2v) is 5.49. The summed E-state index contributed by atoms with van der Waals surface area (Å²) in [7, 11) is 0. The van der Waals surface area contributed by atoms with Gasteiger partial charge >= 0.3 is 6.03 Å². The van der Waals surface area contributed by atoms with Crippen LogP contribution in [0.15, 0.2) is 24.3 Å². The molecule has 0 aliphatic carbocycles. The number of pyridine rings is 1. The molecule has 0 unspecified atom stereocenters. The number of hydrogen-bond donors (Lipinski definition) is 2. The average Bonchev–Trinajstić information content (AvgIpc) is 2.46. The Morgan fingerprint density at radius 2 is 1.74 bits per heavy atom. The molecule has 0 saturated heterocycles. The van der Waals surface area contributed by atoms with Crippen LogP contribution in [0.1, 0.15) is 21.5 Å². The van der Waals surface area contributed by atoms with E-state index in [-0.39, 0.29) is 10.7 Å². The second kappa shape index (κ2) is 6.93. The number of halogens is 3. The number of carbonyl (C=O) groups is 2. The summed E-state index contributed by atoms with van der Waals surface area (Å²) in [4.78, 5) is 27.4. The molecule has 5 nitrogen and oxygen atoms in total. The molecule has 8 heteroatoms.